The van der Waals surface area contributed by atoms with Crippen molar-refractivity contribution in [2.75, 3.05) is 14.2 Å². The molecule has 2 fully saturated rings. The number of rotatable bonds is 7. The molecule has 0 amide bonds. The largest absolute Gasteiger partial charge is 0.468 e. The Bertz CT molecular complexity index is 971. The third-order valence-corrected chi connectivity index (χ3v) is 13.2. The van der Waals surface area contributed by atoms with Crippen LogP contribution in [0, 0.1) is 22.7 Å². The molecule has 2 aromatic carbocycles. The highest BCUT2D eigenvalue weighted by molar-refractivity contribution is 6.79. The van der Waals surface area contributed by atoms with Gasteiger partial charge >= 0.3 is 11.9 Å². The molecule has 0 radical (unpaired) electrons. The third-order valence-electron chi connectivity index (χ3n) is 9.40. The van der Waals surface area contributed by atoms with E-state index in [1.54, 1.807) is 0 Å². The van der Waals surface area contributed by atoms with Crippen molar-refractivity contribution in [3.8, 4) is 0 Å². The first-order valence-electron chi connectivity index (χ1n) is 13.0. The van der Waals surface area contributed by atoms with Crippen LogP contribution in [0.15, 0.2) is 60.7 Å². The monoisotopic (exact) mass is 492 g/mol. The molecule has 0 saturated heterocycles. The van der Waals surface area contributed by atoms with Gasteiger partial charge in [0.25, 0.3) is 0 Å². The van der Waals surface area contributed by atoms with Gasteiger partial charge in [-0.2, -0.15) is 0 Å². The molecule has 2 aromatic rings. The van der Waals surface area contributed by atoms with E-state index in [9.17, 15) is 9.59 Å². The Morgan fingerprint density at radius 3 is 1.77 bits per heavy atom. The number of methoxy groups -OCH3 is 2. The number of benzene rings is 2. The van der Waals surface area contributed by atoms with Crippen LogP contribution in [0.1, 0.15) is 55.7 Å². The van der Waals surface area contributed by atoms with Gasteiger partial charge in [-0.25, -0.2) is 0 Å². The standard InChI is InChI=1S/C30H40O4Si/c1-22-25(20-30(27(31)33-2,28(32)34-3)29(22)18-12-13-19-29)21-35(4,5)26(23-14-8-6-9-15-23)24-16-10-7-11-17-24/h6-11,14-17,22,25-26H,12-13,18-21H2,1-5H3/t22-,25-/m1/s1. The maximum atomic E-state index is 13.4. The van der Waals surface area contributed by atoms with E-state index in [4.69, 9.17) is 9.47 Å². The average Bonchev–Trinajstić information content (AvgIpc) is 3.45. The summed E-state index contributed by atoms with van der Waals surface area (Å²) in [5.41, 5.74) is 1.46. The van der Waals surface area contributed by atoms with Crippen molar-refractivity contribution in [2.45, 2.75) is 63.7 Å². The molecule has 1 spiro atoms. The second-order valence-electron chi connectivity index (χ2n) is 11.5. The minimum atomic E-state index is -1.95. The first kappa shape index (κ1) is 25.7. The SMILES string of the molecule is COC(=O)C1(C(=O)OC)C[C@H](C[Si](C)(C)C(c2ccccc2)c2ccccc2)[C@@H](C)C12CCCC2. The molecule has 188 valence electrons. The molecule has 5 heteroatoms. The Morgan fingerprint density at radius 1 is 0.886 bits per heavy atom. The zero-order chi connectivity index (χ0) is 25.3. The molecule has 4 nitrogen and oxygen atoms in total. The van der Waals surface area contributed by atoms with E-state index in [0.29, 0.717) is 12.0 Å². The lowest BCUT2D eigenvalue weighted by Crippen LogP contribution is -2.51. The van der Waals surface area contributed by atoms with Crippen LogP contribution in [-0.2, 0) is 19.1 Å². The fraction of sp³-hybridized carbons (Fsp3) is 0.533. The highest BCUT2D eigenvalue weighted by Gasteiger charge is 2.71. The fourth-order valence-corrected chi connectivity index (χ4v) is 12.2. The van der Waals surface area contributed by atoms with E-state index in [1.165, 1.54) is 25.3 Å². The summed E-state index contributed by atoms with van der Waals surface area (Å²) in [5.74, 6) is -0.282. The van der Waals surface area contributed by atoms with Gasteiger partial charge in [-0.1, -0.05) is 99.6 Å². The molecular weight excluding hydrogens is 452 g/mol. The summed E-state index contributed by atoms with van der Waals surface area (Å²) in [5, 5.41) is 0. The zero-order valence-electron chi connectivity index (χ0n) is 21.9. The van der Waals surface area contributed by atoms with Gasteiger partial charge in [0, 0.05) is 11.0 Å². The van der Waals surface area contributed by atoms with E-state index in [1.807, 2.05) is 0 Å². The predicted octanol–water partition coefficient (Wildman–Crippen LogP) is 6.61. The van der Waals surface area contributed by atoms with Crippen LogP contribution in [0.2, 0.25) is 19.1 Å². The molecule has 2 aliphatic rings. The van der Waals surface area contributed by atoms with Crippen molar-refractivity contribution in [2.24, 2.45) is 22.7 Å². The quantitative estimate of drug-likeness (QED) is 0.248. The number of carbonyl (C=O) groups excluding carboxylic acids is 2. The number of carbonyl (C=O) groups is 2. The highest BCUT2D eigenvalue weighted by atomic mass is 28.3. The van der Waals surface area contributed by atoms with Crippen LogP contribution < -0.4 is 0 Å². The maximum Gasteiger partial charge on any atom is 0.323 e. The van der Waals surface area contributed by atoms with Crippen LogP contribution >= 0.6 is 0 Å². The summed E-state index contributed by atoms with van der Waals surface area (Å²) in [6.45, 7) is 7.23. The van der Waals surface area contributed by atoms with Crippen LogP contribution in [0.3, 0.4) is 0 Å². The molecule has 2 saturated carbocycles. The molecule has 2 aliphatic carbocycles. The van der Waals surface area contributed by atoms with Gasteiger partial charge in [-0.05, 0) is 42.2 Å². The van der Waals surface area contributed by atoms with Gasteiger partial charge in [0.05, 0.1) is 22.3 Å². The Morgan fingerprint density at radius 2 is 1.34 bits per heavy atom. The Kier molecular flexibility index (Phi) is 7.28. The lowest BCUT2D eigenvalue weighted by atomic mass is 9.61. The lowest BCUT2D eigenvalue weighted by Gasteiger charge is -2.42. The Hall–Kier alpha value is -2.40. The Labute approximate surface area is 211 Å². The smallest absolute Gasteiger partial charge is 0.323 e. The highest BCUT2D eigenvalue weighted by Crippen LogP contribution is 2.68. The third kappa shape index (κ3) is 4.16. The summed E-state index contributed by atoms with van der Waals surface area (Å²) in [6.07, 6.45) is 4.39. The van der Waals surface area contributed by atoms with Gasteiger partial charge in [0.1, 0.15) is 0 Å². The fourth-order valence-electron chi connectivity index (χ4n) is 7.93. The molecule has 0 bridgehead atoms. The van der Waals surface area contributed by atoms with E-state index >= 15 is 0 Å². The van der Waals surface area contributed by atoms with E-state index in [2.05, 4.69) is 80.7 Å². The first-order valence-corrected chi connectivity index (χ1v) is 16.3. The summed E-state index contributed by atoms with van der Waals surface area (Å²) in [6, 6.07) is 22.7. The molecule has 0 aliphatic heterocycles. The second kappa shape index (κ2) is 9.92. The Balaban J connectivity index is 1.75. The normalized spacial score (nSPS) is 22.9. The van der Waals surface area contributed by atoms with Crippen LogP contribution in [0.4, 0.5) is 0 Å². The van der Waals surface area contributed by atoms with Gasteiger partial charge in [-0.15, -0.1) is 0 Å². The van der Waals surface area contributed by atoms with Crippen LogP contribution in [-0.4, -0.2) is 34.2 Å². The maximum absolute atomic E-state index is 13.4. The lowest BCUT2D eigenvalue weighted by molar-refractivity contribution is -0.179. The number of hydrogen-bond acceptors (Lipinski definition) is 4. The number of ether oxygens (including phenoxy) is 2. The molecule has 2 atom stereocenters. The van der Waals surface area contributed by atoms with Gasteiger partial charge < -0.3 is 9.47 Å². The molecule has 4 rings (SSSR count). The minimum Gasteiger partial charge on any atom is -0.468 e. The van der Waals surface area contributed by atoms with Crippen molar-refractivity contribution in [1.82, 2.24) is 0 Å². The van der Waals surface area contributed by atoms with Crippen molar-refractivity contribution in [3.05, 3.63) is 71.8 Å². The first-order chi connectivity index (χ1) is 16.7. The van der Waals surface area contributed by atoms with Gasteiger partial charge in [0.2, 0.25) is 0 Å². The van der Waals surface area contributed by atoms with E-state index in [-0.39, 0.29) is 17.3 Å². The molecule has 0 aromatic heterocycles. The van der Waals surface area contributed by atoms with Gasteiger partial charge in [0.15, 0.2) is 5.41 Å². The molecule has 0 N–H and O–H groups in total. The molecular formula is C30H40O4Si. The van der Waals surface area contributed by atoms with Crippen LogP contribution in [0.5, 0.6) is 0 Å². The van der Waals surface area contributed by atoms with Crippen molar-refractivity contribution < 1.29 is 19.1 Å². The molecule has 0 heterocycles. The number of hydrogen-bond donors (Lipinski definition) is 0. The predicted molar refractivity (Wildman–Crippen MR) is 142 cm³/mol. The average molecular weight is 493 g/mol. The second-order valence-corrected chi connectivity index (χ2v) is 16.4. The van der Waals surface area contributed by atoms with Crippen molar-refractivity contribution in [1.29, 1.82) is 0 Å². The summed E-state index contributed by atoms with van der Waals surface area (Å²) < 4.78 is 10.7. The van der Waals surface area contributed by atoms with Crippen LogP contribution in [0.25, 0.3) is 0 Å². The van der Waals surface area contributed by atoms with E-state index in [0.717, 1.165) is 31.7 Å². The molecule has 35 heavy (non-hydrogen) atoms. The van der Waals surface area contributed by atoms with Gasteiger partial charge in [-0.3, -0.25) is 9.59 Å². The summed E-state index contributed by atoms with van der Waals surface area (Å²) in [7, 11) is 0.874. The van der Waals surface area contributed by atoms with Crippen molar-refractivity contribution in [3.63, 3.8) is 0 Å². The van der Waals surface area contributed by atoms with Crippen molar-refractivity contribution >= 4 is 20.0 Å². The minimum absolute atomic E-state index is 0.252. The molecule has 0 unspecified atom stereocenters. The summed E-state index contributed by atoms with van der Waals surface area (Å²) in [4.78, 5) is 26.8. The zero-order valence-corrected chi connectivity index (χ0v) is 22.9. The number of esters is 2. The van der Waals surface area contributed by atoms with E-state index < -0.39 is 25.4 Å². The topological polar surface area (TPSA) is 52.6 Å². The summed E-state index contributed by atoms with van der Waals surface area (Å²) >= 11 is 0.